The first-order valence-corrected chi connectivity index (χ1v) is 40.5. The van der Waals surface area contributed by atoms with Gasteiger partial charge in [0.15, 0.2) is 0 Å². The molecule has 8 aliphatic rings. The zero-order chi connectivity index (χ0) is 82.4. The first kappa shape index (κ1) is 90.3. The first-order valence-electron chi connectivity index (χ1n) is 40.5. The van der Waals surface area contributed by atoms with E-state index in [-0.39, 0.29) is 104 Å². The monoisotopic (exact) mass is 1600 g/mol. The van der Waals surface area contributed by atoms with Gasteiger partial charge in [-0.1, -0.05) is 65.0 Å². The number of halogens is 8. The van der Waals surface area contributed by atoms with Gasteiger partial charge in [0.2, 0.25) is 70.9 Å². The minimum absolute atomic E-state index is 0.00823. The SMILES string of the molecule is CCCOC[C@H]1C(=O)N[C@@H]([C@@H](C)CC)C(=O)N(C)CC(=O)N(C)[C@H]2C/C=C\CCN(C2=O)[C@@H](CC2CCC(C(F)(F)F)CC2)C(=O)N(C)CC(=O)N[C@@H](CCC2CC(F)C(C(F)(F)F)C(F)C2)C(=O)N2C[C@H](OCC)C[C@H]2C(=O)NC2(CCCC2)C(=O)N(C)[C@@H](C2CCCC2)C(=O)N(C)[C@H](C(=O)N2CCCC2)CC(=O)N1C. The number of carbonyl (C=O) groups excluding carboxylic acids is 12. The molecule has 112 heavy (non-hydrogen) atoms. The second kappa shape index (κ2) is 39.9. The summed E-state index contributed by atoms with van der Waals surface area (Å²) in [4.78, 5) is 194. The minimum Gasteiger partial charge on any atom is -0.379 e. The highest BCUT2D eigenvalue weighted by Gasteiger charge is 2.56. The van der Waals surface area contributed by atoms with Crippen molar-refractivity contribution in [2.75, 3.05) is 101 Å². The molecule has 34 heteroatoms. The smallest absolute Gasteiger partial charge is 0.379 e. The van der Waals surface area contributed by atoms with Gasteiger partial charge in [0.1, 0.15) is 72.1 Å². The highest BCUT2D eigenvalue weighted by atomic mass is 19.4. The summed E-state index contributed by atoms with van der Waals surface area (Å²) >= 11 is 0. The normalized spacial score (nSPS) is 32.1. The van der Waals surface area contributed by atoms with Crippen molar-refractivity contribution in [3.8, 4) is 0 Å². The Morgan fingerprint density at radius 1 is 0.616 bits per heavy atom. The number of alkyl halides is 8. The van der Waals surface area contributed by atoms with Crippen LogP contribution in [-0.4, -0.2) is 301 Å². The number of likely N-dealkylation sites (tertiary alicyclic amines) is 1. The van der Waals surface area contributed by atoms with E-state index >= 15 is 47.1 Å². The van der Waals surface area contributed by atoms with Gasteiger partial charge in [0.05, 0.1) is 38.1 Å². The zero-order valence-corrected chi connectivity index (χ0v) is 66.8. The molecule has 12 atom stereocenters. The molecule has 0 aromatic carbocycles. The molecule has 0 aromatic rings. The van der Waals surface area contributed by atoms with E-state index in [1.807, 2.05) is 6.92 Å². The van der Waals surface area contributed by atoms with Crippen LogP contribution in [0.2, 0.25) is 0 Å². The number of hydrogen-bond donors (Lipinski definition) is 3. The second-order valence-corrected chi connectivity index (χ2v) is 32.8. The Kier molecular flexibility index (Phi) is 32.1. The molecule has 3 N–H and O–H groups in total. The Bertz CT molecular complexity index is 3320. The minimum atomic E-state index is -5.22. The van der Waals surface area contributed by atoms with Crippen molar-refractivity contribution in [1.82, 2.24) is 60.0 Å². The zero-order valence-electron chi connectivity index (χ0n) is 66.8. The number of carbonyl (C=O) groups is 12. The highest BCUT2D eigenvalue weighted by Crippen LogP contribution is 2.46. The Labute approximate surface area is 652 Å². The maximum atomic E-state index is 15.8. The molecule has 3 saturated heterocycles. The van der Waals surface area contributed by atoms with E-state index in [0.717, 1.165) is 24.5 Å². The van der Waals surface area contributed by atoms with Crippen LogP contribution >= 0.6 is 0 Å². The predicted octanol–water partition coefficient (Wildman–Crippen LogP) is 6.66. The van der Waals surface area contributed by atoms with Gasteiger partial charge in [-0.25, -0.2) is 8.78 Å². The maximum absolute atomic E-state index is 15.8. The first-order chi connectivity index (χ1) is 52.9. The number of nitrogens with one attached hydrogen (secondary N) is 3. The third-order valence-electron chi connectivity index (χ3n) is 25.1. The average molecular weight is 1600 g/mol. The number of ether oxygens (including phenoxy) is 2. The second-order valence-electron chi connectivity index (χ2n) is 32.8. The number of amides is 12. The summed E-state index contributed by atoms with van der Waals surface area (Å²) in [5.74, 6) is -16.9. The number of fused-ring (bicyclic) bond motifs is 3. The largest absolute Gasteiger partial charge is 0.397 e. The molecule has 4 heterocycles. The van der Waals surface area contributed by atoms with Crippen LogP contribution in [0.5, 0.6) is 0 Å². The van der Waals surface area contributed by atoms with Gasteiger partial charge in [0.25, 0.3) is 0 Å². The molecular weight excluding hydrogens is 1480 g/mol. The predicted molar refractivity (Wildman–Crippen MR) is 394 cm³/mol. The fourth-order valence-electron chi connectivity index (χ4n) is 18.1. The lowest BCUT2D eigenvalue weighted by Crippen LogP contribution is -2.65. The van der Waals surface area contributed by atoms with Crippen molar-refractivity contribution in [2.45, 2.75) is 273 Å². The van der Waals surface area contributed by atoms with E-state index in [1.165, 1.54) is 57.0 Å². The molecule has 4 saturated carbocycles. The van der Waals surface area contributed by atoms with Gasteiger partial charge in [0, 0.05) is 88.1 Å². The van der Waals surface area contributed by atoms with Gasteiger partial charge in [-0.05, 0) is 146 Å². The molecule has 8 rings (SSSR count). The van der Waals surface area contributed by atoms with Crippen molar-refractivity contribution in [3.63, 3.8) is 0 Å². The number of hydrogen-bond acceptors (Lipinski definition) is 14. The average Bonchev–Trinajstić information content (AvgIpc) is 1.51. The van der Waals surface area contributed by atoms with E-state index in [4.69, 9.17) is 9.47 Å². The van der Waals surface area contributed by atoms with Crippen LogP contribution in [0.1, 0.15) is 188 Å². The van der Waals surface area contributed by atoms with E-state index in [9.17, 15) is 45.5 Å². The fraction of sp³-hybridized carbons (Fsp3) is 0.821. The summed E-state index contributed by atoms with van der Waals surface area (Å²) < 4.78 is 128. The molecule has 7 fully saturated rings. The van der Waals surface area contributed by atoms with E-state index in [1.54, 1.807) is 37.8 Å². The topological polar surface area (TPSA) is 289 Å². The van der Waals surface area contributed by atoms with Crippen LogP contribution in [0, 0.1) is 35.5 Å². The Balaban J connectivity index is 1.22. The standard InChI is InChI=1S/C78H120F8N12O14/c1-11-37-111-46-60-67(102)88-65(47(4)12-2)73(108)91(6)45-63(101)92(7)56-25-15-14-20-36-97(72(56)107)59(40-48-26-29-51(30-27-48)77(81,82)83)70(105)90(5)44-61(99)87-55(31-28-49-38-53(79)64(54(80)39-49)78(84,85)86)69(104)98-43-52(112-13-3)41-57(98)68(103)89-76(32-18-19-33-76)75(110)95(10)66(50-23-16-17-24-50)74(109)94(9)58(42-62(100)93(60)8)71(106)96-34-21-22-35-96/h14-15,47-60,64-66H,11-13,16-46H2,1-10H3,(H,87,99)(H,88,102)(H,89,103)/b15-14-/t47-,48?,49?,51?,52+,53?,54?,55-,56-,57-,58-,59-,60-,64?,65-,66-/m0/s1. The quantitative estimate of drug-likeness (QED) is 0.0879. The summed E-state index contributed by atoms with van der Waals surface area (Å²) in [6.07, 6.45) is -11.2. The fourth-order valence-corrected chi connectivity index (χ4v) is 18.1. The lowest BCUT2D eigenvalue weighted by molar-refractivity contribution is -0.219. The van der Waals surface area contributed by atoms with E-state index < -0.39 is 230 Å². The Morgan fingerprint density at radius 3 is 1.85 bits per heavy atom. The molecule has 0 aromatic heterocycles. The van der Waals surface area contributed by atoms with Crippen LogP contribution in [0.25, 0.3) is 0 Å². The molecule has 4 aliphatic carbocycles. The van der Waals surface area contributed by atoms with Crippen LogP contribution in [0.15, 0.2) is 12.2 Å². The third-order valence-corrected chi connectivity index (χ3v) is 25.1. The molecule has 12 amide bonds. The van der Waals surface area contributed by atoms with Crippen molar-refractivity contribution in [1.29, 1.82) is 0 Å². The third kappa shape index (κ3) is 22.0. The molecule has 2 unspecified atom stereocenters. The van der Waals surface area contributed by atoms with Gasteiger partial charge in [-0.3, -0.25) is 57.5 Å². The maximum Gasteiger partial charge on any atom is 0.397 e. The molecular formula is C78H120F8N12O14. The summed E-state index contributed by atoms with van der Waals surface area (Å²) in [6, 6.07) is -11.6. The Morgan fingerprint density at radius 2 is 1.25 bits per heavy atom. The van der Waals surface area contributed by atoms with Gasteiger partial charge < -0.3 is 69.5 Å². The van der Waals surface area contributed by atoms with Crippen LogP contribution in [0.4, 0.5) is 35.1 Å². The number of likely N-dealkylation sites (N-methyl/N-ethyl adjacent to an activating group) is 6. The van der Waals surface area contributed by atoms with Gasteiger partial charge in [-0.15, -0.1) is 0 Å². The number of rotatable bonds is 15. The van der Waals surface area contributed by atoms with Crippen LogP contribution < -0.4 is 16.0 Å². The highest BCUT2D eigenvalue weighted by molar-refractivity contribution is 6.01. The molecule has 4 aliphatic heterocycles. The summed E-state index contributed by atoms with van der Waals surface area (Å²) in [5.41, 5.74) is -1.72. The van der Waals surface area contributed by atoms with E-state index in [2.05, 4.69) is 16.0 Å². The molecule has 0 radical (unpaired) electrons. The summed E-state index contributed by atoms with van der Waals surface area (Å²) in [5, 5.41) is 8.47. The molecule has 632 valence electrons. The Hall–Kier alpha value is -7.26. The van der Waals surface area contributed by atoms with Crippen molar-refractivity contribution in [3.05, 3.63) is 12.2 Å². The van der Waals surface area contributed by atoms with Crippen molar-refractivity contribution in [2.24, 2.45) is 35.5 Å². The van der Waals surface area contributed by atoms with E-state index in [0.29, 0.717) is 77.3 Å². The van der Waals surface area contributed by atoms with Crippen molar-refractivity contribution < 1.29 is 102 Å². The molecule has 26 nitrogen and oxygen atoms in total. The molecule has 2 bridgehead atoms. The number of nitrogens with zero attached hydrogens (tertiary/aromatic N) is 9. The van der Waals surface area contributed by atoms with Gasteiger partial charge in [-0.2, -0.15) is 26.3 Å². The van der Waals surface area contributed by atoms with Gasteiger partial charge >= 0.3 is 12.4 Å². The van der Waals surface area contributed by atoms with Crippen LogP contribution in [0.3, 0.4) is 0 Å². The lowest BCUT2D eigenvalue weighted by Gasteiger charge is -2.42. The summed E-state index contributed by atoms with van der Waals surface area (Å²) in [7, 11) is 8.01. The van der Waals surface area contributed by atoms with Crippen LogP contribution in [-0.2, 0) is 67.0 Å². The lowest BCUT2D eigenvalue weighted by atomic mass is 9.76. The molecule has 1 spiro atoms. The summed E-state index contributed by atoms with van der Waals surface area (Å²) in [6.45, 7) is 5.41. The van der Waals surface area contributed by atoms with Crippen molar-refractivity contribution >= 4 is 70.9 Å².